The molecule has 1 saturated carbocycles. The molecule has 0 radical (unpaired) electrons. The number of aliphatic imine (C=N–C) groups is 1. The van der Waals surface area contributed by atoms with E-state index in [1.165, 1.54) is 44.6 Å². The number of carbonyl (C=O) groups is 1. The molecule has 1 aliphatic carbocycles. The van der Waals surface area contributed by atoms with E-state index >= 15 is 0 Å². The van der Waals surface area contributed by atoms with Crippen molar-refractivity contribution < 1.29 is 9.53 Å². The van der Waals surface area contributed by atoms with Crippen LogP contribution in [0.3, 0.4) is 0 Å². The van der Waals surface area contributed by atoms with Crippen LogP contribution >= 0.6 is 0 Å². The van der Waals surface area contributed by atoms with Crippen LogP contribution in [0.2, 0.25) is 0 Å². The lowest BCUT2D eigenvalue weighted by Gasteiger charge is -2.22. The van der Waals surface area contributed by atoms with Gasteiger partial charge in [0, 0.05) is 39.4 Å². The Kier molecular flexibility index (Phi) is 9.69. The van der Waals surface area contributed by atoms with Crippen LogP contribution < -0.4 is 16.0 Å². The van der Waals surface area contributed by atoms with Gasteiger partial charge in [-0.05, 0) is 43.4 Å². The smallest absolute Gasteiger partial charge is 0.221 e. The van der Waals surface area contributed by atoms with E-state index in [-0.39, 0.29) is 5.91 Å². The van der Waals surface area contributed by atoms with Crippen molar-refractivity contribution in [2.75, 3.05) is 32.1 Å². The molecule has 6 heteroatoms. The van der Waals surface area contributed by atoms with Gasteiger partial charge in [-0.25, -0.2) is 0 Å². The third kappa shape index (κ3) is 8.91. The van der Waals surface area contributed by atoms with Crippen molar-refractivity contribution in [2.45, 2.75) is 58.0 Å². The minimum absolute atomic E-state index is 0.0524. The van der Waals surface area contributed by atoms with E-state index in [0.717, 1.165) is 44.2 Å². The summed E-state index contributed by atoms with van der Waals surface area (Å²) in [5.74, 6) is 0.769. The Bertz CT molecular complexity index is 580. The first-order valence-electron chi connectivity index (χ1n) is 10.1. The number of ether oxygens (including phenoxy) is 1. The molecule has 2 rings (SSSR count). The predicted molar refractivity (Wildman–Crippen MR) is 111 cm³/mol. The van der Waals surface area contributed by atoms with Crippen molar-refractivity contribution in [1.82, 2.24) is 10.6 Å². The highest BCUT2D eigenvalue weighted by Gasteiger charge is 2.12. The van der Waals surface area contributed by atoms with Gasteiger partial charge in [-0.3, -0.25) is 9.79 Å². The molecule has 0 unspecified atom stereocenters. The van der Waals surface area contributed by atoms with Crippen molar-refractivity contribution in [3.8, 4) is 0 Å². The van der Waals surface area contributed by atoms with Crippen LogP contribution in [0.15, 0.2) is 29.3 Å². The Hall–Kier alpha value is -2.08. The lowest BCUT2D eigenvalue weighted by Crippen LogP contribution is -2.39. The zero-order valence-electron chi connectivity index (χ0n) is 16.7. The first-order valence-corrected chi connectivity index (χ1v) is 10.1. The summed E-state index contributed by atoms with van der Waals surface area (Å²) in [6.07, 6.45) is 8.81. The molecule has 0 aromatic heterocycles. The van der Waals surface area contributed by atoms with Crippen molar-refractivity contribution in [3.63, 3.8) is 0 Å². The standard InChI is InChI=1S/C21H34N4O2/c1-17(26)25-19-11-9-18(10-12-19)13-15-24-21(22-2)23-14-6-16-27-20-7-4-3-5-8-20/h9-12,20H,3-8,13-16H2,1-2H3,(H,25,26)(H2,22,23,24). The fourth-order valence-electron chi connectivity index (χ4n) is 3.26. The molecule has 1 fully saturated rings. The maximum Gasteiger partial charge on any atom is 0.221 e. The number of benzene rings is 1. The number of nitrogens with one attached hydrogen (secondary N) is 3. The number of rotatable bonds is 9. The summed E-state index contributed by atoms with van der Waals surface area (Å²) >= 11 is 0. The van der Waals surface area contributed by atoms with E-state index in [1.807, 2.05) is 24.3 Å². The quantitative estimate of drug-likeness (QED) is 0.353. The Labute approximate surface area is 163 Å². The monoisotopic (exact) mass is 374 g/mol. The van der Waals surface area contributed by atoms with Crippen molar-refractivity contribution in [1.29, 1.82) is 0 Å². The summed E-state index contributed by atoms with van der Waals surface area (Å²) < 4.78 is 5.94. The van der Waals surface area contributed by atoms with Gasteiger partial charge in [-0.1, -0.05) is 31.4 Å². The summed E-state index contributed by atoms with van der Waals surface area (Å²) in [7, 11) is 1.79. The third-order valence-corrected chi connectivity index (χ3v) is 4.72. The molecule has 0 bridgehead atoms. The van der Waals surface area contributed by atoms with Crippen molar-refractivity contribution >= 4 is 17.6 Å². The van der Waals surface area contributed by atoms with Gasteiger partial charge in [0.05, 0.1) is 6.10 Å². The number of carbonyl (C=O) groups excluding carboxylic acids is 1. The van der Waals surface area contributed by atoms with Crippen LogP contribution in [-0.4, -0.2) is 44.7 Å². The van der Waals surface area contributed by atoms with Crippen LogP contribution in [0, 0.1) is 0 Å². The highest BCUT2D eigenvalue weighted by molar-refractivity contribution is 5.88. The number of anilines is 1. The normalized spacial score (nSPS) is 15.4. The molecule has 0 heterocycles. The number of guanidine groups is 1. The van der Waals surface area contributed by atoms with Gasteiger partial charge in [0.15, 0.2) is 5.96 Å². The van der Waals surface area contributed by atoms with E-state index in [2.05, 4.69) is 20.9 Å². The second kappa shape index (κ2) is 12.3. The number of nitrogens with zero attached hydrogens (tertiary/aromatic N) is 1. The average molecular weight is 375 g/mol. The summed E-state index contributed by atoms with van der Waals surface area (Å²) in [4.78, 5) is 15.3. The van der Waals surface area contributed by atoms with Crippen molar-refractivity contribution in [2.24, 2.45) is 4.99 Å². The van der Waals surface area contributed by atoms with Gasteiger partial charge in [0.25, 0.3) is 0 Å². The van der Waals surface area contributed by atoms with E-state index in [1.54, 1.807) is 7.05 Å². The van der Waals surface area contributed by atoms with Gasteiger partial charge < -0.3 is 20.7 Å². The van der Waals surface area contributed by atoms with Gasteiger partial charge in [0.1, 0.15) is 0 Å². The fourth-order valence-corrected chi connectivity index (χ4v) is 3.26. The zero-order valence-corrected chi connectivity index (χ0v) is 16.7. The summed E-state index contributed by atoms with van der Waals surface area (Å²) in [6.45, 7) is 3.99. The highest BCUT2D eigenvalue weighted by Crippen LogP contribution is 2.20. The summed E-state index contributed by atoms with van der Waals surface area (Å²) in [5.41, 5.74) is 2.04. The highest BCUT2D eigenvalue weighted by atomic mass is 16.5. The zero-order chi connectivity index (χ0) is 19.3. The Morgan fingerprint density at radius 2 is 1.81 bits per heavy atom. The fraction of sp³-hybridized carbons (Fsp3) is 0.619. The van der Waals surface area contributed by atoms with E-state index in [4.69, 9.17) is 4.74 Å². The van der Waals surface area contributed by atoms with E-state index in [9.17, 15) is 4.79 Å². The number of amides is 1. The van der Waals surface area contributed by atoms with Crippen LogP contribution in [0.5, 0.6) is 0 Å². The summed E-state index contributed by atoms with van der Waals surface area (Å²) in [5, 5.41) is 9.44. The lowest BCUT2D eigenvalue weighted by molar-refractivity contribution is -0.114. The Balaban J connectivity index is 1.56. The molecule has 1 aliphatic rings. The van der Waals surface area contributed by atoms with Gasteiger partial charge in [-0.2, -0.15) is 0 Å². The molecule has 6 nitrogen and oxygen atoms in total. The minimum Gasteiger partial charge on any atom is -0.378 e. The maximum absolute atomic E-state index is 11.0. The molecule has 150 valence electrons. The second-order valence-corrected chi connectivity index (χ2v) is 7.04. The predicted octanol–water partition coefficient (Wildman–Crippen LogP) is 3.09. The SMILES string of the molecule is CN=C(NCCCOC1CCCCC1)NCCc1ccc(NC(C)=O)cc1. The second-order valence-electron chi connectivity index (χ2n) is 7.04. The molecule has 27 heavy (non-hydrogen) atoms. The van der Waals surface area contributed by atoms with Gasteiger partial charge >= 0.3 is 0 Å². The lowest BCUT2D eigenvalue weighted by atomic mass is 9.98. The maximum atomic E-state index is 11.0. The number of hydrogen-bond donors (Lipinski definition) is 3. The molecule has 0 saturated heterocycles. The molecule has 1 aromatic carbocycles. The largest absolute Gasteiger partial charge is 0.378 e. The molecule has 0 atom stereocenters. The average Bonchev–Trinajstić information content (AvgIpc) is 2.68. The van der Waals surface area contributed by atoms with Crippen LogP contribution in [0.1, 0.15) is 51.0 Å². The van der Waals surface area contributed by atoms with Crippen molar-refractivity contribution in [3.05, 3.63) is 29.8 Å². The molecule has 0 spiro atoms. The van der Waals surface area contributed by atoms with Crippen LogP contribution in [-0.2, 0) is 16.0 Å². The van der Waals surface area contributed by atoms with E-state index < -0.39 is 0 Å². The summed E-state index contributed by atoms with van der Waals surface area (Å²) in [6, 6.07) is 7.92. The Morgan fingerprint density at radius 3 is 2.48 bits per heavy atom. The molecule has 1 aromatic rings. The van der Waals surface area contributed by atoms with Crippen LogP contribution in [0.25, 0.3) is 0 Å². The van der Waals surface area contributed by atoms with Gasteiger partial charge in [-0.15, -0.1) is 0 Å². The van der Waals surface area contributed by atoms with Gasteiger partial charge in [0.2, 0.25) is 5.91 Å². The van der Waals surface area contributed by atoms with Crippen LogP contribution in [0.4, 0.5) is 5.69 Å². The molecule has 0 aliphatic heterocycles. The first-order chi connectivity index (χ1) is 13.2. The Morgan fingerprint density at radius 1 is 1.11 bits per heavy atom. The number of hydrogen-bond acceptors (Lipinski definition) is 3. The first kappa shape index (κ1) is 21.2. The molecule has 3 N–H and O–H groups in total. The molecule has 1 amide bonds. The van der Waals surface area contributed by atoms with E-state index in [0.29, 0.717) is 6.10 Å². The molecular weight excluding hydrogens is 340 g/mol. The topological polar surface area (TPSA) is 74.8 Å². The molecular formula is C21H34N4O2. The minimum atomic E-state index is -0.0524. The third-order valence-electron chi connectivity index (χ3n) is 4.72.